The van der Waals surface area contributed by atoms with Crippen LogP contribution in [-0.2, 0) is 14.1 Å². The highest BCUT2D eigenvalue weighted by Crippen LogP contribution is 2.28. The van der Waals surface area contributed by atoms with Crippen LogP contribution in [0, 0.1) is 0 Å². The van der Waals surface area contributed by atoms with Crippen LogP contribution in [0.15, 0.2) is 9.59 Å². The molecule has 0 radical (unpaired) electrons. The summed E-state index contributed by atoms with van der Waals surface area (Å²) in [4.78, 5) is 25.2. The van der Waals surface area contributed by atoms with Crippen molar-refractivity contribution in [1.82, 2.24) is 14.3 Å². The number of aliphatic hydroxyl groups excluding tert-OH is 1. The van der Waals surface area contributed by atoms with E-state index in [1.54, 1.807) is 4.90 Å². The van der Waals surface area contributed by atoms with E-state index in [2.05, 4.69) is 5.10 Å². The molecule has 2 rings (SSSR count). The second-order valence-corrected chi connectivity index (χ2v) is 4.24. The summed E-state index contributed by atoms with van der Waals surface area (Å²) in [5, 5.41) is 13.0. The number of nitrogens with zero attached hydrogens (tertiary/aromatic N) is 4. The fourth-order valence-corrected chi connectivity index (χ4v) is 1.82. The maximum absolute atomic E-state index is 12.0. The molecular weight excluding hydrogens is 224 g/mol. The molecule has 0 spiro atoms. The van der Waals surface area contributed by atoms with Gasteiger partial charge in [0.15, 0.2) is 0 Å². The minimum Gasteiger partial charge on any atom is -0.395 e. The highest BCUT2D eigenvalue weighted by atomic mass is 16.3. The van der Waals surface area contributed by atoms with Crippen molar-refractivity contribution in [2.75, 3.05) is 18.1 Å². The molecule has 7 heteroatoms. The SMILES string of the molecule is Cn1nc(N(CCO)C2CC2)c(=O)n(C)c1=O. The Morgan fingerprint density at radius 3 is 2.59 bits per heavy atom. The van der Waals surface area contributed by atoms with E-state index in [-0.39, 0.29) is 18.5 Å². The molecule has 0 unspecified atom stereocenters. The second-order valence-electron chi connectivity index (χ2n) is 4.24. The summed E-state index contributed by atoms with van der Waals surface area (Å²) in [7, 11) is 2.94. The zero-order valence-corrected chi connectivity index (χ0v) is 9.96. The van der Waals surface area contributed by atoms with Crippen molar-refractivity contribution < 1.29 is 5.11 Å². The summed E-state index contributed by atoms with van der Waals surface area (Å²) in [5.41, 5.74) is -0.855. The highest BCUT2D eigenvalue weighted by Gasteiger charge is 2.31. The van der Waals surface area contributed by atoms with E-state index in [4.69, 9.17) is 5.11 Å². The molecule has 1 aromatic heterocycles. The standard InChI is InChI=1S/C10H16N4O3/c1-12-9(16)8(11-13(2)10(12)17)14(5-6-15)7-3-4-7/h7,15H,3-6H2,1-2H3. The Morgan fingerprint density at radius 2 is 2.06 bits per heavy atom. The van der Waals surface area contributed by atoms with Gasteiger partial charge in [-0.1, -0.05) is 0 Å². The number of anilines is 1. The molecule has 1 aromatic rings. The van der Waals surface area contributed by atoms with E-state index in [1.165, 1.54) is 14.1 Å². The Kier molecular flexibility index (Phi) is 3.01. The third-order valence-electron chi connectivity index (χ3n) is 2.91. The summed E-state index contributed by atoms with van der Waals surface area (Å²) >= 11 is 0. The van der Waals surface area contributed by atoms with E-state index in [0.29, 0.717) is 6.54 Å². The van der Waals surface area contributed by atoms with E-state index >= 15 is 0 Å². The van der Waals surface area contributed by atoms with E-state index in [9.17, 15) is 9.59 Å². The molecule has 0 atom stereocenters. The van der Waals surface area contributed by atoms with Gasteiger partial charge in [0.05, 0.1) is 6.61 Å². The molecule has 1 saturated carbocycles. The molecule has 1 aliphatic rings. The van der Waals surface area contributed by atoms with Crippen molar-refractivity contribution in [2.24, 2.45) is 14.1 Å². The third-order valence-corrected chi connectivity index (χ3v) is 2.91. The van der Waals surface area contributed by atoms with Crippen molar-refractivity contribution in [2.45, 2.75) is 18.9 Å². The lowest BCUT2D eigenvalue weighted by atomic mass is 10.4. The number of rotatable bonds is 4. The monoisotopic (exact) mass is 240 g/mol. The van der Waals surface area contributed by atoms with Crippen LogP contribution in [0.2, 0.25) is 0 Å². The molecule has 17 heavy (non-hydrogen) atoms. The van der Waals surface area contributed by atoms with Gasteiger partial charge in [0, 0.05) is 26.7 Å². The Bertz CT molecular complexity index is 529. The van der Waals surface area contributed by atoms with Crippen molar-refractivity contribution in [3.63, 3.8) is 0 Å². The molecule has 0 bridgehead atoms. The summed E-state index contributed by atoms with van der Waals surface area (Å²) in [5.74, 6) is 0.242. The summed E-state index contributed by atoms with van der Waals surface area (Å²) in [6, 6.07) is 0.264. The first-order valence-corrected chi connectivity index (χ1v) is 5.58. The maximum Gasteiger partial charge on any atom is 0.346 e. The first kappa shape index (κ1) is 11.8. The molecular formula is C10H16N4O3. The lowest BCUT2D eigenvalue weighted by Gasteiger charge is -2.21. The molecule has 1 aliphatic carbocycles. The van der Waals surface area contributed by atoms with Crippen molar-refractivity contribution >= 4 is 5.82 Å². The second kappa shape index (κ2) is 4.33. The Morgan fingerprint density at radius 1 is 1.41 bits per heavy atom. The Labute approximate surface area is 97.9 Å². The first-order chi connectivity index (χ1) is 8.06. The van der Waals surface area contributed by atoms with Gasteiger partial charge >= 0.3 is 5.69 Å². The minimum absolute atomic E-state index is 0.0375. The van der Waals surface area contributed by atoms with Gasteiger partial charge in [0.1, 0.15) is 0 Å². The summed E-state index contributed by atoms with van der Waals surface area (Å²) < 4.78 is 2.18. The maximum atomic E-state index is 12.0. The predicted octanol–water partition coefficient (Wildman–Crippen LogP) is -1.56. The molecule has 0 amide bonds. The van der Waals surface area contributed by atoms with Gasteiger partial charge in [-0.3, -0.25) is 9.36 Å². The lowest BCUT2D eigenvalue weighted by Crippen LogP contribution is -2.44. The summed E-state index contributed by atoms with van der Waals surface area (Å²) in [6.07, 6.45) is 1.99. The molecule has 94 valence electrons. The van der Waals surface area contributed by atoms with E-state index in [0.717, 1.165) is 22.1 Å². The van der Waals surface area contributed by atoms with Crippen LogP contribution in [-0.4, -0.2) is 38.6 Å². The van der Waals surface area contributed by atoms with Crippen LogP contribution in [0.3, 0.4) is 0 Å². The van der Waals surface area contributed by atoms with Crippen LogP contribution in [0.1, 0.15) is 12.8 Å². The van der Waals surface area contributed by atoms with Crippen LogP contribution in [0.25, 0.3) is 0 Å². The first-order valence-electron chi connectivity index (χ1n) is 5.58. The molecule has 0 aliphatic heterocycles. The normalized spacial score (nSPS) is 15.0. The Balaban J connectivity index is 2.50. The van der Waals surface area contributed by atoms with Gasteiger partial charge in [-0.15, -0.1) is 5.10 Å². The molecule has 0 aromatic carbocycles. The molecule has 1 fully saturated rings. The zero-order chi connectivity index (χ0) is 12.6. The quantitative estimate of drug-likeness (QED) is 0.688. The van der Waals surface area contributed by atoms with Crippen molar-refractivity contribution in [3.05, 3.63) is 20.8 Å². The van der Waals surface area contributed by atoms with E-state index < -0.39 is 11.2 Å². The number of hydrogen-bond acceptors (Lipinski definition) is 5. The van der Waals surface area contributed by atoms with Gasteiger partial charge < -0.3 is 10.0 Å². The molecule has 7 nitrogen and oxygen atoms in total. The van der Waals surface area contributed by atoms with E-state index in [1.807, 2.05) is 0 Å². The molecule has 1 N–H and O–H groups in total. The van der Waals surface area contributed by atoms with Crippen molar-refractivity contribution in [3.8, 4) is 0 Å². The van der Waals surface area contributed by atoms with Crippen molar-refractivity contribution in [1.29, 1.82) is 0 Å². The molecule has 0 saturated heterocycles. The van der Waals surface area contributed by atoms with Gasteiger partial charge in [-0.25, -0.2) is 9.48 Å². The number of hydrogen-bond donors (Lipinski definition) is 1. The molecule has 1 heterocycles. The smallest absolute Gasteiger partial charge is 0.346 e. The average molecular weight is 240 g/mol. The fourth-order valence-electron chi connectivity index (χ4n) is 1.82. The number of aryl methyl sites for hydroxylation is 1. The number of aromatic nitrogens is 3. The van der Waals surface area contributed by atoms with Gasteiger partial charge in [-0.05, 0) is 12.8 Å². The van der Waals surface area contributed by atoms with Gasteiger partial charge in [0.25, 0.3) is 5.56 Å². The number of aliphatic hydroxyl groups is 1. The summed E-state index contributed by atoms with van der Waals surface area (Å²) in [6.45, 7) is 0.329. The highest BCUT2D eigenvalue weighted by molar-refractivity contribution is 5.38. The zero-order valence-electron chi connectivity index (χ0n) is 9.96. The lowest BCUT2D eigenvalue weighted by molar-refractivity contribution is 0.300. The fraction of sp³-hybridized carbons (Fsp3) is 0.700. The van der Waals surface area contributed by atoms with Gasteiger partial charge in [0.2, 0.25) is 5.82 Å². The van der Waals surface area contributed by atoms with Crippen LogP contribution < -0.4 is 16.1 Å². The van der Waals surface area contributed by atoms with Crippen LogP contribution >= 0.6 is 0 Å². The Hall–Kier alpha value is -1.63. The van der Waals surface area contributed by atoms with Crippen LogP contribution in [0.5, 0.6) is 0 Å². The van der Waals surface area contributed by atoms with Crippen LogP contribution in [0.4, 0.5) is 5.82 Å². The third kappa shape index (κ3) is 2.10. The minimum atomic E-state index is -0.446. The largest absolute Gasteiger partial charge is 0.395 e. The topological polar surface area (TPSA) is 80.4 Å². The predicted molar refractivity (Wildman–Crippen MR) is 62.2 cm³/mol. The van der Waals surface area contributed by atoms with Gasteiger partial charge in [-0.2, -0.15) is 0 Å². The average Bonchev–Trinajstić information content (AvgIpc) is 3.12.